The molecular weight excluding hydrogens is 244 g/mol. The second-order valence-electron chi connectivity index (χ2n) is 5.11. The number of aryl methyl sites for hydroxylation is 1. The Labute approximate surface area is 119 Å². The fourth-order valence-corrected chi connectivity index (χ4v) is 2.49. The van der Waals surface area contributed by atoms with Crippen LogP contribution in [0.4, 0.5) is 5.69 Å². The second-order valence-corrected chi connectivity index (χ2v) is 5.11. The lowest BCUT2D eigenvalue weighted by Crippen LogP contribution is -2.07. The molecule has 0 saturated heterocycles. The Morgan fingerprint density at radius 1 is 0.950 bits per heavy atom. The maximum absolute atomic E-state index is 4.58. The van der Waals surface area contributed by atoms with Gasteiger partial charge in [0.2, 0.25) is 0 Å². The van der Waals surface area contributed by atoms with Crippen LogP contribution < -0.4 is 5.32 Å². The zero-order valence-corrected chi connectivity index (χ0v) is 11.8. The monoisotopic (exact) mass is 262 g/mol. The average Bonchev–Trinajstić information content (AvgIpc) is 2.48. The van der Waals surface area contributed by atoms with Crippen molar-refractivity contribution in [2.75, 3.05) is 5.32 Å². The summed E-state index contributed by atoms with van der Waals surface area (Å²) in [7, 11) is 0. The maximum Gasteiger partial charge on any atom is 0.0725 e. The van der Waals surface area contributed by atoms with Crippen molar-refractivity contribution in [3.05, 3.63) is 71.9 Å². The Morgan fingerprint density at radius 2 is 1.65 bits per heavy atom. The van der Waals surface area contributed by atoms with Crippen LogP contribution in [0.2, 0.25) is 0 Å². The smallest absolute Gasteiger partial charge is 0.0725 e. The van der Waals surface area contributed by atoms with E-state index in [2.05, 4.69) is 65.8 Å². The minimum absolute atomic E-state index is 0.265. The topological polar surface area (TPSA) is 24.9 Å². The molecule has 1 heterocycles. The van der Waals surface area contributed by atoms with Gasteiger partial charge in [0.25, 0.3) is 0 Å². The molecule has 20 heavy (non-hydrogen) atoms. The van der Waals surface area contributed by atoms with Crippen LogP contribution in [0.25, 0.3) is 10.9 Å². The molecule has 1 aromatic heterocycles. The first-order chi connectivity index (χ1) is 9.74. The highest BCUT2D eigenvalue weighted by Crippen LogP contribution is 2.26. The zero-order valence-electron chi connectivity index (χ0n) is 11.8. The molecule has 2 aromatic carbocycles. The maximum atomic E-state index is 4.58. The molecule has 0 bridgehead atoms. The number of hydrogen-bond acceptors (Lipinski definition) is 2. The highest BCUT2D eigenvalue weighted by atomic mass is 14.9. The SMILES string of the molecule is Cc1cc(N[C@@H](C)c2ccccc2)c2ccccc2n1. The highest BCUT2D eigenvalue weighted by molar-refractivity contribution is 5.91. The summed E-state index contributed by atoms with van der Waals surface area (Å²) < 4.78 is 0. The van der Waals surface area contributed by atoms with E-state index in [4.69, 9.17) is 0 Å². The number of nitrogens with zero attached hydrogens (tertiary/aromatic N) is 1. The fourth-order valence-electron chi connectivity index (χ4n) is 2.49. The van der Waals surface area contributed by atoms with E-state index in [-0.39, 0.29) is 6.04 Å². The third-order valence-corrected chi connectivity index (χ3v) is 3.52. The van der Waals surface area contributed by atoms with E-state index < -0.39 is 0 Å². The highest BCUT2D eigenvalue weighted by Gasteiger charge is 2.08. The van der Waals surface area contributed by atoms with Gasteiger partial charge in [0.05, 0.1) is 5.52 Å². The number of pyridine rings is 1. The molecule has 100 valence electrons. The number of hydrogen-bond donors (Lipinski definition) is 1. The van der Waals surface area contributed by atoms with Gasteiger partial charge in [-0.2, -0.15) is 0 Å². The molecule has 0 fully saturated rings. The van der Waals surface area contributed by atoms with Gasteiger partial charge >= 0.3 is 0 Å². The lowest BCUT2D eigenvalue weighted by Gasteiger charge is -2.17. The standard InChI is InChI=1S/C18H18N2/c1-13-12-18(16-10-6-7-11-17(16)19-13)20-14(2)15-8-4-3-5-9-15/h3-12,14H,1-2H3,(H,19,20)/t14-/m0/s1. The molecule has 3 aromatic rings. The van der Waals surface area contributed by atoms with Crippen LogP contribution in [0.1, 0.15) is 24.2 Å². The Bertz CT molecular complexity index is 720. The summed E-state index contributed by atoms with van der Waals surface area (Å²) in [6.07, 6.45) is 0. The van der Waals surface area contributed by atoms with Gasteiger partial charge in [-0.3, -0.25) is 4.98 Å². The number of rotatable bonds is 3. The molecule has 0 aliphatic rings. The van der Waals surface area contributed by atoms with E-state index in [1.807, 2.05) is 19.1 Å². The molecule has 2 nitrogen and oxygen atoms in total. The quantitative estimate of drug-likeness (QED) is 0.739. The third kappa shape index (κ3) is 2.50. The summed E-state index contributed by atoms with van der Waals surface area (Å²) in [5, 5.41) is 4.77. The molecule has 0 radical (unpaired) electrons. The second kappa shape index (κ2) is 5.33. The number of fused-ring (bicyclic) bond motifs is 1. The zero-order chi connectivity index (χ0) is 13.9. The Morgan fingerprint density at radius 3 is 2.45 bits per heavy atom. The van der Waals surface area contributed by atoms with Crippen LogP contribution in [0.5, 0.6) is 0 Å². The largest absolute Gasteiger partial charge is 0.378 e. The summed E-state index contributed by atoms with van der Waals surface area (Å²) in [6, 6.07) is 21.1. The van der Waals surface area contributed by atoms with Gasteiger partial charge in [-0.15, -0.1) is 0 Å². The van der Waals surface area contributed by atoms with Crippen LogP contribution in [-0.4, -0.2) is 4.98 Å². The summed E-state index contributed by atoms with van der Waals surface area (Å²) in [5.74, 6) is 0. The molecule has 0 aliphatic carbocycles. The summed E-state index contributed by atoms with van der Waals surface area (Å²) >= 11 is 0. The van der Waals surface area contributed by atoms with Crippen molar-refractivity contribution in [2.45, 2.75) is 19.9 Å². The molecule has 0 unspecified atom stereocenters. The van der Waals surface area contributed by atoms with E-state index in [1.165, 1.54) is 10.9 Å². The summed E-state index contributed by atoms with van der Waals surface area (Å²) in [4.78, 5) is 4.58. The molecule has 0 amide bonds. The minimum Gasteiger partial charge on any atom is -0.378 e. The number of benzene rings is 2. The first-order valence-electron chi connectivity index (χ1n) is 6.92. The van der Waals surface area contributed by atoms with E-state index in [0.717, 1.165) is 16.9 Å². The number of nitrogens with one attached hydrogen (secondary N) is 1. The van der Waals surface area contributed by atoms with Gasteiger partial charge in [-0.05, 0) is 31.5 Å². The predicted octanol–water partition coefficient (Wildman–Crippen LogP) is 4.72. The molecular formula is C18H18N2. The average molecular weight is 262 g/mol. The number of aromatic nitrogens is 1. The number of para-hydroxylation sites is 1. The number of anilines is 1. The van der Waals surface area contributed by atoms with E-state index in [9.17, 15) is 0 Å². The first-order valence-corrected chi connectivity index (χ1v) is 6.92. The van der Waals surface area contributed by atoms with E-state index >= 15 is 0 Å². The van der Waals surface area contributed by atoms with Gasteiger partial charge in [-0.25, -0.2) is 0 Å². The van der Waals surface area contributed by atoms with Gasteiger partial charge < -0.3 is 5.32 Å². The van der Waals surface area contributed by atoms with Gasteiger partial charge in [0.1, 0.15) is 0 Å². The van der Waals surface area contributed by atoms with Crippen LogP contribution in [-0.2, 0) is 0 Å². The molecule has 2 heteroatoms. The van der Waals surface area contributed by atoms with Crippen molar-refractivity contribution >= 4 is 16.6 Å². The normalized spacial score (nSPS) is 12.3. The van der Waals surface area contributed by atoms with Crippen molar-refractivity contribution in [3.8, 4) is 0 Å². The van der Waals surface area contributed by atoms with Crippen molar-refractivity contribution in [1.29, 1.82) is 0 Å². The van der Waals surface area contributed by atoms with E-state index in [1.54, 1.807) is 0 Å². The van der Waals surface area contributed by atoms with E-state index in [0.29, 0.717) is 0 Å². The van der Waals surface area contributed by atoms with Gasteiger partial charge in [0.15, 0.2) is 0 Å². The molecule has 3 rings (SSSR count). The molecule has 1 N–H and O–H groups in total. The fraction of sp³-hybridized carbons (Fsp3) is 0.167. The van der Waals surface area contributed by atoms with Crippen LogP contribution in [0.3, 0.4) is 0 Å². The van der Waals surface area contributed by atoms with Crippen molar-refractivity contribution in [2.24, 2.45) is 0 Å². The van der Waals surface area contributed by atoms with Crippen molar-refractivity contribution < 1.29 is 0 Å². The molecule has 0 spiro atoms. The Hall–Kier alpha value is -2.35. The lowest BCUT2D eigenvalue weighted by molar-refractivity contribution is 0.886. The van der Waals surface area contributed by atoms with Crippen molar-refractivity contribution in [1.82, 2.24) is 4.98 Å². The van der Waals surface area contributed by atoms with Crippen molar-refractivity contribution in [3.63, 3.8) is 0 Å². The lowest BCUT2D eigenvalue weighted by atomic mass is 10.1. The van der Waals surface area contributed by atoms with Crippen LogP contribution >= 0.6 is 0 Å². The van der Waals surface area contributed by atoms with Crippen LogP contribution in [0.15, 0.2) is 60.7 Å². The first kappa shape index (κ1) is 12.7. The van der Waals surface area contributed by atoms with Gasteiger partial charge in [0, 0.05) is 22.8 Å². The van der Waals surface area contributed by atoms with Crippen LogP contribution in [0, 0.1) is 6.92 Å². The Balaban J connectivity index is 1.98. The Kier molecular flexibility index (Phi) is 3.38. The minimum atomic E-state index is 0.265. The molecule has 0 saturated carbocycles. The molecule has 0 aliphatic heterocycles. The third-order valence-electron chi connectivity index (χ3n) is 3.52. The van der Waals surface area contributed by atoms with Gasteiger partial charge in [-0.1, -0.05) is 48.5 Å². The summed E-state index contributed by atoms with van der Waals surface area (Å²) in [5.41, 5.74) is 4.50. The molecule has 1 atom stereocenters. The summed E-state index contributed by atoms with van der Waals surface area (Å²) in [6.45, 7) is 4.21. The predicted molar refractivity (Wildman–Crippen MR) is 85.0 cm³/mol.